The molecule has 0 amide bonds. The van der Waals surface area contributed by atoms with E-state index in [2.05, 4.69) is 56.1 Å². The number of hydrogen-bond acceptors (Lipinski definition) is 12. The van der Waals surface area contributed by atoms with E-state index in [9.17, 15) is 0 Å². The van der Waals surface area contributed by atoms with E-state index in [1.165, 1.54) is 0 Å². The number of hydrazone groups is 2. The van der Waals surface area contributed by atoms with Crippen LogP contribution in [-0.2, 0) is 12.8 Å². The van der Waals surface area contributed by atoms with Crippen LogP contribution < -0.4 is 21.5 Å². The van der Waals surface area contributed by atoms with Gasteiger partial charge in [-0.15, -0.1) is 10.2 Å². The molecule has 2 aliphatic heterocycles. The fourth-order valence-corrected chi connectivity index (χ4v) is 4.81. The number of aryl methyl sites for hydroxylation is 2. The highest BCUT2D eigenvalue weighted by molar-refractivity contribution is 8.15. The van der Waals surface area contributed by atoms with Crippen LogP contribution in [0.1, 0.15) is 36.4 Å². The first kappa shape index (κ1) is 22.3. The van der Waals surface area contributed by atoms with Gasteiger partial charge in [0.1, 0.15) is 0 Å². The zero-order chi connectivity index (χ0) is 22.8. The third-order valence-electron chi connectivity index (χ3n) is 4.97. The van der Waals surface area contributed by atoms with Crippen LogP contribution in [0.5, 0.6) is 0 Å². The maximum Gasteiger partial charge on any atom is 0.222 e. The van der Waals surface area contributed by atoms with Gasteiger partial charge in [0.15, 0.2) is 11.6 Å². The van der Waals surface area contributed by atoms with E-state index in [-0.39, 0.29) is 11.9 Å². The molecule has 32 heavy (non-hydrogen) atoms. The highest BCUT2D eigenvalue weighted by Gasteiger charge is 2.31. The molecule has 0 bridgehead atoms. The predicted molar refractivity (Wildman–Crippen MR) is 135 cm³/mol. The molecule has 0 saturated carbocycles. The molecule has 0 radical (unpaired) electrons. The Morgan fingerprint density at radius 3 is 1.50 bits per heavy atom. The summed E-state index contributed by atoms with van der Waals surface area (Å²) in [5, 5.41) is 14.4. The van der Waals surface area contributed by atoms with Gasteiger partial charge in [0.2, 0.25) is 22.2 Å². The number of aromatic nitrogens is 4. The number of nitrogen functional groups attached to an aromatic ring is 2. The molecule has 0 spiro atoms. The van der Waals surface area contributed by atoms with Crippen molar-refractivity contribution in [2.45, 2.75) is 40.5 Å². The lowest BCUT2D eigenvalue weighted by Gasteiger charge is -2.10. The Bertz CT molecular complexity index is 1040. The van der Waals surface area contributed by atoms with Crippen LogP contribution in [0.2, 0.25) is 0 Å². The first-order valence-corrected chi connectivity index (χ1v) is 12.3. The van der Waals surface area contributed by atoms with E-state index in [1.807, 2.05) is 23.9 Å². The Labute approximate surface area is 195 Å². The number of hydrogen-bond donors (Lipinski definition) is 2. The summed E-state index contributed by atoms with van der Waals surface area (Å²) in [5.41, 5.74) is 15.6. The summed E-state index contributed by atoms with van der Waals surface area (Å²) in [4.78, 5) is 17.2. The molecule has 0 aliphatic carbocycles. The summed E-state index contributed by atoms with van der Waals surface area (Å²) in [5.74, 6) is 3.79. The lowest BCUT2D eigenvalue weighted by Crippen LogP contribution is -2.11. The molecular weight excluding hydrogens is 444 g/mol. The van der Waals surface area contributed by atoms with Crippen molar-refractivity contribution in [3.05, 3.63) is 34.7 Å². The van der Waals surface area contributed by atoms with Crippen molar-refractivity contribution in [2.75, 3.05) is 33.0 Å². The Kier molecular flexibility index (Phi) is 6.51. The summed E-state index contributed by atoms with van der Waals surface area (Å²) in [6, 6.07) is 0. The number of nitrogens with two attached hydrogens (primary N) is 2. The Balaban J connectivity index is 1.21. The third kappa shape index (κ3) is 4.80. The first-order valence-electron chi connectivity index (χ1n) is 10.4. The van der Waals surface area contributed by atoms with Gasteiger partial charge in [-0.25, -0.2) is 9.97 Å². The summed E-state index contributed by atoms with van der Waals surface area (Å²) < 4.78 is 0. The third-order valence-corrected chi connectivity index (χ3v) is 6.71. The lowest BCUT2D eigenvalue weighted by atomic mass is 10.2. The fourth-order valence-electron chi connectivity index (χ4n) is 3.35. The summed E-state index contributed by atoms with van der Waals surface area (Å²) in [6.45, 7) is 8.06. The molecule has 4 rings (SSSR count). The zero-order valence-electron chi connectivity index (χ0n) is 18.5. The topological polar surface area (TPSA) is 134 Å². The average molecular weight is 471 g/mol. The van der Waals surface area contributed by atoms with Crippen LogP contribution in [0.15, 0.2) is 22.4 Å². The van der Waals surface area contributed by atoms with Crippen molar-refractivity contribution in [3.63, 3.8) is 0 Å². The maximum absolute atomic E-state index is 5.81. The van der Waals surface area contributed by atoms with Gasteiger partial charge in [0.05, 0.1) is 0 Å². The Morgan fingerprint density at radius 1 is 0.719 bits per heavy atom. The second-order valence-electron chi connectivity index (χ2n) is 7.13. The monoisotopic (exact) mass is 470 g/mol. The highest BCUT2D eigenvalue weighted by atomic mass is 32.2. The van der Waals surface area contributed by atoms with E-state index >= 15 is 0 Å². The second-order valence-corrected chi connectivity index (χ2v) is 9.10. The normalized spacial score (nSPS) is 14.8. The number of amidine groups is 2. The van der Waals surface area contributed by atoms with Gasteiger partial charge in [-0.2, -0.15) is 20.0 Å². The fraction of sp³-hybridized carbons (Fsp3) is 0.400. The smallest absolute Gasteiger partial charge is 0.222 e. The van der Waals surface area contributed by atoms with E-state index in [0.717, 1.165) is 68.8 Å². The maximum atomic E-state index is 5.81. The van der Waals surface area contributed by atoms with Crippen LogP contribution in [0.25, 0.3) is 0 Å². The number of rotatable bonds is 8. The van der Waals surface area contributed by atoms with Crippen molar-refractivity contribution >= 4 is 57.4 Å². The largest absolute Gasteiger partial charge is 0.368 e. The lowest BCUT2D eigenvalue weighted by molar-refractivity contribution is 0.990. The van der Waals surface area contributed by atoms with Crippen LogP contribution in [0, 0.1) is 13.8 Å². The van der Waals surface area contributed by atoms with Crippen molar-refractivity contribution in [2.24, 2.45) is 10.2 Å². The van der Waals surface area contributed by atoms with E-state index < -0.39 is 0 Å². The molecule has 0 saturated heterocycles. The standard InChI is InChI=1S/C20H26N10S2/c1-5-13-11(3)23-17(21)25-15(13)29-19(27-29)31-9-7-8-10-32-20-28-30(20)16-14(6-2)12(4)24-18(22)26-16/h7-8H,5-6,9-10H2,1-4H3,(H2,21,23,25)(H2,22,24,26)/b8-7+. The van der Waals surface area contributed by atoms with Crippen molar-refractivity contribution in [1.82, 2.24) is 19.9 Å². The number of anilines is 4. The van der Waals surface area contributed by atoms with E-state index in [0.29, 0.717) is 0 Å². The average Bonchev–Trinajstić information content (AvgIpc) is 3.65. The summed E-state index contributed by atoms with van der Waals surface area (Å²) >= 11 is 3.33. The zero-order valence-corrected chi connectivity index (χ0v) is 20.2. The van der Waals surface area contributed by atoms with Crippen molar-refractivity contribution < 1.29 is 0 Å². The molecule has 2 aromatic rings. The molecule has 168 valence electrons. The van der Waals surface area contributed by atoms with Gasteiger partial charge in [-0.1, -0.05) is 49.5 Å². The number of thioether (sulfide) groups is 2. The molecule has 0 aromatic carbocycles. The summed E-state index contributed by atoms with van der Waals surface area (Å²) in [7, 11) is 0. The van der Waals surface area contributed by atoms with Gasteiger partial charge in [0.25, 0.3) is 0 Å². The number of nitrogens with zero attached hydrogens (tertiary/aromatic N) is 8. The SMILES string of the molecule is CCc1c(C)nc(N)nc1N1N=C1SC/C=C/CSC1=NN1c1nc(N)nc(C)c1CC. The van der Waals surface area contributed by atoms with Gasteiger partial charge < -0.3 is 11.5 Å². The molecule has 4 N–H and O–H groups in total. The minimum absolute atomic E-state index is 0.279. The van der Waals surface area contributed by atoms with E-state index in [1.54, 1.807) is 23.5 Å². The van der Waals surface area contributed by atoms with Gasteiger partial charge >= 0.3 is 0 Å². The molecule has 0 unspecified atom stereocenters. The molecule has 2 aromatic heterocycles. The molecule has 0 atom stereocenters. The van der Waals surface area contributed by atoms with Crippen LogP contribution >= 0.6 is 23.5 Å². The molecule has 0 fully saturated rings. The van der Waals surface area contributed by atoms with Gasteiger partial charge in [-0.05, 0) is 26.7 Å². The minimum atomic E-state index is 0.279. The highest BCUT2D eigenvalue weighted by Crippen LogP contribution is 2.34. The van der Waals surface area contributed by atoms with Crippen molar-refractivity contribution in [3.8, 4) is 0 Å². The van der Waals surface area contributed by atoms with Crippen molar-refractivity contribution in [1.29, 1.82) is 0 Å². The predicted octanol–water partition coefficient (Wildman–Crippen LogP) is 3.08. The molecule has 10 nitrogen and oxygen atoms in total. The van der Waals surface area contributed by atoms with Crippen LogP contribution in [0.3, 0.4) is 0 Å². The molecule has 12 heteroatoms. The Morgan fingerprint density at radius 2 is 1.12 bits per heavy atom. The van der Waals surface area contributed by atoms with Gasteiger partial charge in [0, 0.05) is 34.0 Å². The first-order chi connectivity index (χ1) is 15.4. The minimum Gasteiger partial charge on any atom is -0.368 e. The molecule has 2 aliphatic rings. The van der Waals surface area contributed by atoms with E-state index in [4.69, 9.17) is 11.5 Å². The second kappa shape index (κ2) is 9.33. The Hall–Kier alpha value is -2.86. The quantitative estimate of drug-likeness (QED) is 0.554. The molecule has 4 heterocycles. The van der Waals surface area contributed by atoms with Crippen LogP contribution in [-0.4, -0.2) is 41.8 Å². The van der Waals surface area contributed by atoms with Crippen LogP contribution in [0.4, 0.5) is 23.5 Å². The molecular formula is C20H26N10S2. The van der Waals surface area contributed by atoms with Gasteiger partial charge in [-0.3, -0.25) is 0 Å². The summed E-state index contributed by atoms with van der Waals surface area (Å²) in [6.07, 6.45) is 5.94.